The summed E-state index contributed by atoms with van der Waals surface area (Å²) in [6.07, 6.45) is 1.45. The van der Waals surface area contributed by atoms with Crippen molar-refractivity contribution in [3.8, 4) is 11.3 Å². The SMILES string of the molecule is O=C1N/C(=C/c2ccc(-c3ccc([N+](=O)[O-])cc3Br)o2)C(=O)N1Cc1ccccc1. The second kappa shape index (κ2) is 7.96. The van der Waals surface area contributed by atoms with Crippen LogP contribution < -0.4 is 5.32 Å². The Kier molecular flexibility index (Phi) is 5.20. The van der Waals surface area contributed by atoms with Crippen LogP contribution in [0.4, 0.5) is 10.5 Å². The average Bonchev–Trinajstić information content (AvgIpc) is 3.29. The van der Waals surface area contributed by atoms with Gasteiger partial charge in [-0.15, -0.1) is 0 Å². The van der Waals surface area contributed by atoms with E-state index in [0.29, 0.717) is 21.6 Å². The van der Waals surface area contributed by atoms with Gasteiger partial charge in [-0.3, -0.25) is 19.8 Å². The first-order valence-corrected chi connectivity index (χ1v) is 9.64. The van der Waals surface area contributed by atoms with Gasteiger partial charge in [0.25, 0.3) is 11.6 Å². The minimum absolute atomic E-state index is 0.0442. The van der Waals surface area contributed by atoms with E-state index in [9.17, 15) is 19.7 Å². The monoisotopic (exact) mass is 467 g/mol. The summed E-state index contributed by atoms with van der Waals surface area (Å²) in [6.45, 7) is 0.169. The number of rotatable bonds is 5. The van der Waals surface area contributed by atoms with E-state index in [-0.39, 0.29) is 17.9 Å². The number of hydrogen-bond acceptors (Lipinski definition) is 5. The molecule has 0 atom stereocenters. The van der Waals surface area contributed by atoms with Crippen LogP contribution in [0.2, 0.25) is 0 Å². The number of furan rings is 1. The molecule has 2 heterocycles. The number of halogens is 1. The van der Waals surface area contributed by atoms with Gasteiger partial charge in [0.05, 0.1) is 11.5 Å². The fourth-order valence-electron chi connectivity index (χ4n) is 3.02. The lowest BCUT2D eigenvalue weighted by Gasteiger charge is -2.11. The summed E-state index contributed by atoms with van der Waals surface area (Å²) >= 11 is 3.31. The van der Waals surface area contributed by atoms with E-state index >= 15 is 0 Å². The number of nitro groups is 1. The van der Waals surface area contributed by atoms with Gasteiger partial charge in [-0.1, -0.05) is 30.3 Å². The van der Waals surface area contributed by atoms with E-state index in [1.807, 2.05) is 30.3 Å². The number of nitrogens with one attached hydrogen (secondary N) is 1. The number of non-ortho nitro benzene ring substituents is 1. The number of benzene rings is 2. The van der Waals surface area contributed by atoms with Crippen molar-refractivity contribution in [2.45, 2.75) is 6.54 Å². The summed E-state index contributed by atoms with van der Waals surface area (Å²) in [4.78, 5) is 36.3. The topological polar surface area (TPSA) is 106 Å². The van der Waals surface area contributed by atoms with Crippen LogP contribution in [-0.2, 0) is 11.3 Å². The van der Waals surface area contributed by atoms with E-state index in [0.717, 1.165) is 10.5 Å². The van der Waals surface area contributed by atoms with Crippen LogP contribution in [0, 0.1) is 10.1 Å². The lowest BCUT2D eigenvalue weighted by Crippen LogP contribution is -2.30. The quantitative estimate of drug-likeness (QED) is 0.253. The number of nitro benzene ring substituents is 1. The van der Waals surface area contributed by atoms with Gasteiger partial charge in [0.15, 0.2) is 0 Å². The fraction of sp³-hybridized carbons (Fsp3) is 0.0476. The third-order valence-corrected chi connectivity index (χ3v) is 5.14. The van der Waals surface area contributed by atoms with Gasteiger partial charge in [-0.05, 0) is 39.7 Å². The van der Waals surface area contributed by atoms with Crippen LogP contribution in [0.1, 0.15) is 11.3 Å². The predicted octanol–water partition coefficient (Wildman–Crippen LogP) is 4.71. The lowest BCUT2D eigenvalue weighted by atomic mass is 10.1. The van der Waals surface area contributed by atoms with E-state index in [2.05, 4.69) is 21.2 Å². The molecule has 0 aliphatic carbocycles. The molecule has 1 aliphatic heterocycles. The highest BCUT2D eigenvalue weighted by Gasteiger charge is 2.33. The normalized spacial score (nSPS) is 15.0. The Hall–Kier alpha value is -3.72. The molecule has 30 heavy (non-hydrogen) atoms. The van der Waals surface area contributed by atoms with Crippen molar-refractivity contribution in [1.29, 1.82) is 0 Å². The van der Waals surface area contributed by atoms with Crippen molar-refractivity contribution < 1.29 is 18.9 Å². The summed E-state index contributed by atoms with van der Waals surface area (Å²) in [7, 11) is 0. The maximum absolute atomic E-state index is 12.6. The van der Waals surface area contributed by atoms with E-state index in [1.54, 1.807) is 18.2 Å². The Labute approximate surface area is 179 Å². The molecule has 0 unspecified atom stereocenters. The van der Waals surface area contributed by atoms with Crippen LogP contribution in [0.5, 0.6) is 0 Å². The van der Waals surface area contributed by atoms with Crippen LogP contribution in [-0.4, -0.2) is 21.8 Å². The highest BCUT2D eigenvalue weighted by atomic mass is 79.9. The molecule has 2 aromatic carbocycles. The number of carbonyl (C=O) groups is 2. The summed E-state index contributed by atoms with van der Waals surface area (Å²) in [5.41, 5.74) is 1.53. The minimum Gasteiger partial charge on any atom is -0.457 e. The molecule has 0 bridgehead atoms. The third kappa shape index (κ3) is 3.87. The van der Waals surface area contributed by atoms with Crippen molar-refractivity contribution in [1.82, 2.24) is 10.2 Å². The molecule has 0 saturated carbocycles. The predicted molar refractivity (Wildman–Crippen MR) is 112 cm³/mol. The first-order chi connectivity index (χ1) is 14.4. The zero-order chi connectivity index (χ0) is 21.3. The van der Waals surface area contributed by atoms with Gasteiger partial charge < -0.3 is 9.73 Å². The van der Waals surface area contributed by atoms with Crippen molar-refractivity contribution >= 4 is 39.6 Å². The van der Waals surface area contributed by atoms with E-state index < -0.39 is 16.9 Å². The van der Waals surface area contributed by atoms with Crippen LogP contribution in [0.3, 0.4) is 0 Å². The molecular weight excluding hydrogens is 454 g/mol. The summed E-state index contributed by atoms with van der Waals surface area (Å²) in [6, 6.07) is 16.4. The second-order valence-electron chi connectivity index (χ2n) is 6.49. The zero-order valence-corrected chi connectivity index (χ0v) is 17.0. The molecule has 3 amide bonds. The molecule has 4 rings (SSSR count). The minimum atomic E-state index is -0.500. The van der Waals surface area contributed by atoms with Crippen LogP contribution in [0.15, 0.2) is 75.3 Å². The molecule has 150 valence electrons. The smallest absolute Gasteiger partial charge is 0.329 e. The number of urea groups is 1. The maximum Gasteiger partial charge on any atom is 0.329 e. The van der Waals surface area contributed by atoms with Crippen molar-refractivity contribution in [2.24, 2.45) is 0 Å². The van der Waals surface area contributed by atoms with Gasteiger partial charge in [0, 0.05) is 28.2 Å². The molecule has 1 saturated heterocycles. The molecule has 1 fully saturated rings. The van der Waals surface area contributed by atoms with Crippen molar-refractivity contribution in [2.75, 3.05) is 0 Å². The van der Waals surface area contributed by atoms with Crippen LogP contribution >= 0.6 is 15.9 Å². The number of amides is 3. The van der Waals surface area contributed by atoms with E-state index in [4.69, 9.17) is 4.42 Å². The van der Waals surface area contributed by atoms with Gasteiger partial charge in [0.2, 0.25) is 0 Å². The Balaban J connectivity index is 1.55. The number of nitrogens with zero attached hydrogens (tertiary/aromatic N) is 2. The van der Waals surface area contributed by atoms with Gasteiger partial charge in [-0.2, -0.15) is 0 Å². The molecular formula is C21H14BrN3O5. The lowest BCUT2D eigenvalue weighted by molar-refractivity contribution is -0.384. The second-order valence-corrected chi connectivity index (χ2v) is 7.34. The van der Waals surface area contributed by atoms with Crippen LogP contribution in [0.25, 0.3) is 17.4 Å². The number of imide groups is 1. The zero-order valence-electron chi connectivity index (χ0n) is 15.4. The molecule has 9 heteroatoms. The first kappa shape index (κ1) is 19.6. The largest absolute Gasteiger partial charge is 0.457 e. The summed E-state index contributed by atoms with van der Waals surface area (Å²) in [5.74, 6) is 0.375. The number of hydrogen-bond donors (Lipinski definition) is 1. The highest BCUT2D eigenvalue weighted by molar-refractivity contribution is 9.10. The number of carbonyl (C=O) groups excluding carboxylic acids is 2. The Bertz CT molecular complexity index is 1190. The molecule has 1 aromatic heterocycles. The first-order valence-electron chi connectivity index (χ1n) is 8.85. The average molecular weight is 468 g/mol. The molecule has 1 N–H and O–H groups in total. The highest BCUT2D eigenvalue weighted by Crippen LogP contribution is 2.33. The standard InChI is InChI=1S/C21H14BrN3O5/c22-17-10-14(25(28)29)6-8-16(17)19-9-7-15(30-19)11-18-20(26)24(21(27)23-18)12-13-4-2-1-3-5-13/h1-11H,12H2,(H,23,27)/b18-11+. The Morgan fingerprint density at radius 3 is 2.57 bits per heavy atom. The van der Waals surface area contributed by atoms with Gasteiger partial charge >= 0.3 is 6.03 Å². The summed E-state index contributed by atoms with van der Waals surface area (Å²) in [5, 5.41) is 13.4. The Morgan fingerprint density at radius 2 is 1.87 bits per heavy atom. The van der Waals surface area contributed by atoms with Gasteiger partial charge in [-0.25, -0.2) is 4.79 Å². The maximum atomic E-state index is 12.6. The van der Waals surface area contributed by atoms with Crippen molar-refractivity contribution in [3.05, 3.63) is 92.3 Å². The molecule has 1 aliphatic rings. The molecule has 0 spiro atoms. The Morgan fingerprint density at radius 1 is 1.10 bits per heavy atom. The van der Waals surface area contributed by atoms with E-state index in [1.165, 1.54) is 18.2 Å². The fourth-order valence-corrected chi connectivity index (χ4v) is 3.58. The van der Waals surface area contributed by atoms with Gasteiger partial charge in [0.1, 0.15) is 17.2 Å². The van der Waals surface area contributed by atoms with Crippen molar-refractivity contribution in [3.63, 3.8) is 0 Å². The summed E-state index contributed by atoms with van der Waals surface area (Å²) < 4.78 is 6.26. The third-order valence-electron chi connectivity index (χ3n) is 4.49. The molecule has 3 aromatic rings. The molecule has 8 nitrogen and oxygen atoms in total. The molecule has 0 radical (unpaired) electrons.